The van der Waals surface area contributed by atoms with E-state index in [0.717, 1.165) is 11.9 Å². The number of phenols is 1. The molecule has 1 aliphatic rings. The van der Waals surface area contributed by atoms with E-state index in [2.05, 4.69) is 20.0 Å². The number of phenolic OH excluding ortho intramolecular Hbond substituents is 1. The molecule has 3 N–H and O–H groups in total. The second kappa shape index (κ2) is 14.4. The van der Waals surface area contributed by atoms with E-state index in [1.165, 1.54) is 30.3 Å². The number of aromatic nitrogens is 2. The number of pyridine rings is 2. The first-order valence-corrected chi connectivity index (χ1v) is 16.8. The first kappa shape index (κ1) is 33.1. The lowest BCUT2D eigenvalue weighted by Crippen LogP contribution is -2.36. The predicted octanol–water partition coefficient (Wildman–Crippen LogP) is 4.51. The molecule has 3 heterocycles. The number of aromatic hydroxyl groups is 1. The average Bonchev–Trinajstić information content (AvgIpc) is 3.03. The molecule has 1 aliphatic heterocycles. The molecule has 2 aromatic heterocycles. The maximum atomic E-state index is 14.7. The number of carbonyl (C=O) groups excluding carboxylic acids is 1. The SMILES string of the molecule is CN(CCNS(C)(=O)=O)C(CCNC(=O)c1ccccc1O)c1cc(N2CCOc3cnc(-c4cc(Cl)ccc4F)cc32)ccn1. The van der Waals surface area contributed by atoms with Gasteiger partial charge in [-0.25, -0.2) is 17.5 Å². The van der Waals surface area contributed by atoms with Gasteiger partial charge in [-0.1, -0.05) is 23.7 Å². The molecular formula is C32H34ClFN6O5S. The van der Waals surface area contributed by atoms with Crippen LogP contribution in [0.25, 0.3) is 11.3 Å². The lowest BCUT2D eigenvalue weighted by Gasteiger charge is -2.33. The number of ether oxygens (including phenoxy) is 1. The van der Waals surface area contributed by atoms with Crippen molar-refractivity contribution in [2.75, 3.05) is 51.0 Å². The van der Waals surface area contributed by atoms with Gasteiger partial charge < -0.3 is 20.1 Å². The second-order valence-corrected chi connectivity index (χ2v) is 13.1. The zero-order chi connectivity index (χ0) is 32.8. The maximum absolute atomic E-state index is 14.7. The minimum atomic E-state index is -3.38. The van der Waals surface area contributed by atoms with Crippen molar-refractivity contribution >= 4 is 38.9 Å². The highest BCUT2D eigenvalue weighted by Gasteiger charge is 2.25. The summed E-state index contributed by atoms with van der Waals surface area (Å²) >= 11 is 6.14. The molecular weight excluding hydrogens is 635 g/mol. The Morgan fingerprint density at radius 1 is 1.15 bits per heavy atom. The number of rotatable bonds is 12. The number of anilines is 2. The summed E-state index contributed by atoms with van der Waals surface area (Å²) in [4.78, 5) is 25.8. The van der Waals surface area contributed by atoms with Gasteiger partial charge in [0.15, 0.2) is 5.75 Å². The third-order valence-corrected chi connectivity index (χ3v) is 8.51. The largest absolute Gasteiger partial charge is 0.507 e. The van der Waals surface area contributed by atoms with Crippen molar-refractivity contribution in [1.29, 1.82) is 0 Å². The Morgan fingerprint density at radius 2 is 1.96 bits per heavy atom. The van der Waals surface area contributed by atoms with Gasteiger partial charge in [-0.3, -0.25) is 19.7 Å². The molecule has 46 heavy (non-hydrogen) atoms. The summed E-state index contributed by atoms with van der Waals surface area (Å²) < 4.78 is 46.4. The Hall–Kier alpha value is -4.30. The van der Waals surface area contributed by atoms with Gasteiger partial charge in [0.1, 0.15) is 18.2 Å². The molecule has 0 saturated heterocycles. The van der Waals surface area contributed by atoms with Crippen LogP contribution in [0.5, 0.6) is 11.5 Å². The summed E-state index contributed by atoms with van der Waals surface area (Å²) in [6.07, 6.45) is 4.80. The third kappa shape index (κ3) is 8.10. The van der Waals surface area contributed by atoms with Gasteiger partial charge in [0, 0.05) is 42.1 Å². The molecule has 0 radical (unpaired) electrons. The Kier molecular flexibility index (Phi) is 10.4. The molecule has 5 rings (SSSR count). The molecule has 1 unspecified atom stereocenters. The highest BCUT2D eigenvalue weighted by Crippen LogP contribution is 2.39. The van der Waals surface area contributed by atoms with Crippen molar-refractivity contribution < 1.29 is 27.4 Å². The number of amides is 1. The number of nitrogens with zero attached hydrogens (tertiary/aromatic N) is 4. The quantitative estimate of drug-likeness (QED) is 0.199. The average molecular weight is 669 g/mol. The van der Waals surface area contributed by atoms with Crippen molar-refractivity contribution in [3.05, 3.63) is 95.2 Å². The van der Waals surface area contributed by atoms with E-state index in [1.807, 2.05) is 29.0 Å². The molecule has 1 amide bonds. The van der Waals surface area contributed by atoms with Crippen LogP contribution in [-0.2, 0) is 10.0 Å². The molecule has 242 valence electrons. The summed E-state index contributed by atoms with van der Waals surface area (Å²) in [5.41, 5.74) is 3.04. The monoisotopic (exact) mass is 668 g/mol. The number of nitrogens with one attached hydrogen (secondary N) is 2. The fourth-order valence-corrected chi connectivity index (χ4v) is 5.89. The maximum Gasteiger partial charge on any atom is 0.255 e. The molecule has 2 aromatic carbocycles. The van der Waals surface area contributed by atoms with E-state index in [0.29, 0.717) is 54.0 Å². The van der Waals surface area contributed by atoms with E-state index in [1.54, 1.807) is 30.6 Å². The number of hydrogen-bond acceptors (Lipinski definition) is 9. The van der Waals surface area contributed by atoms with Gasteiger partial charge in [-0.05, 0) is 62.0 Å². The van der Waals surface area contributed by atoms with Crippen LogP contribution in [0.4, 0.5) is 15.8 Å². The topological polar surface area (TPSA) is 137 Å². The van der Waals surface area contributed by atoms with Crippen LogP contribution in [0.3, 0.4) is 0 Å². The van der Waals surface area contributed by atoms with E-state index in [-0.39, 0.29) is 36.0 Å². The normalized spacial score (nSPS) is 13.6. The molecule has 1 atom stereocenters. The second-order valence-electron chi connectivity index (χ2n) is 10.8. The standard InChI is InChI=1S/C32H34ClFN6O5S/c1-39(14-13-38-46(2,43)44)28(10-12-36-32(42)23-5-3-4-6-30(23)41)27-18-22(9-11-35-27)40-15-16-45-31-20-37-26(19-29(31)40)24-17-21(33)7-8-25(24)34/h3-9,11,17-20,28,38,41H,10,12-16H2,1-2H3,(H,36,42). The van der Waals surface area contributed by atoms with Crippen molar-refractivity contribution in [2.45, 2.75) is 12.5 Å². The van der Waals surface area contributed by atoms with Gasteiger partial charge in [0.25, 0.3) is 5.91 Å². The highest BCUT2D eigenvalue weighted by atomic mass is 35.5. The summed E-state index contributed by atoms with van der Waals surface area (Å²) in [6, 6.07) is 15.8. The van der Waals surface area contributed by atoms with Crippen LogP contribution in [0.2, 0.25) is 5.02 Å². The minimum absolute atomic E-state index is 0.114. The minimum Gasteiger partial charge on any atom is -0.507 e. The number of benzene rings is 2. The first-order valence-electron chi connectivity index (χ1n) is 14.5. The molecule has 0 aliphatic carbocycles. The fourth-order valence-electron chi connectivity index (χ4n) is 5.26. The molecule has 0 saturated carbocycles. The van der Waals surface area contributed by atoms with Crippen LogP contribution in [0, 0.1) is 5.82 Å². The zero-order valence-corrected chi connectivity index (χ0v) is 26.9. The molecule has 14 heteroatoms. The van der Waals surface area contributed by atoms with Crippen molar-refractivity contribution in [2.24, 2.45) is 0 Å². The van der Waals surface area contributed by atoms with Crippen molar-refractivity contribution in [3.8, 4) is 22.8 Å². The van der Waals surface area contributed by atoms with Gasteiger partial charge in [0.2, 0.25) is 10.0 Å². The number of fused-ring (bicyclic) bond motifs is 1. The lowest BCUT2D eigenvalue weighted by atomic mass is 10.1. The number of halogens is 2. The smallest absolute Gasteiger partial charge is 0.255 e. The predicted molar refractivity (Wildman–Crippen MR) is 175 cm³/mol. The van der Waals surface area contributed by atoms with E-state index < -0.39 is 21.7 Å². The van der Waals surface area contributed by atoms with E-state index >= 15 is 0 Å². The molecule has 11 nitrogen and oxygen atoms in total. The van der Waals surface area contributed by atoms with Gasteiger partial charge >= 0.3 is 0 Å². The number of likely N-dealkylation sites (N-methyl/N-ethyl adjacent to an activating group) is 1. The van der Waals surface area contributed by atoms with Gasteiger partial charge in [-0.2, -0.15) is 0 Å². The summed E-state index contributed by atoms with van der Waals surface area (Å²) in [6.45, 7) is 1.72. The van der Waals surface area contributed by atoms with Crippen LogP contribution in [0.1, 0.15) is 28.5 Å². The summed E-state index contributed by atoms with van der Waals surface area (Å²) in [5.74, 6) is -0.428. The molecule has 0 fully saturated rings. The van der Waals surface area contributed by atoms with Crippen molar-refractivity contribution in [3.63, 3.8) is 0 Å². The number of para-hydroxylation sites is 1. The van der Waals surface area contributed by atoms with Crippen molar-refractivity contribution in [1.82, 2.24) is 24.9 Å². The van der Waals surface area contributed by atoms with Crippen LogP contribution >= 0.6 is 11.6 Å². The Morgan fingerprint density at radius 3 is 2.74 bits per heavy atom. The molecule has 0 spiro atoms. The van der Waals surface area contributed by atoms with Crippen LogP contribution in [-0.4, -0.2) is 80.4 Å². The third-order valence-electron chi connectivity index (χ3n) is 7.54. The Bertz CT molecular complexity index is 1830. The highest BCUT2D eigenvalue weighted by molar-refractivity contribution is 7.88. The fraction of sp³-hybridized carbons (Fsp3) is 0.281. The number of sulfonamides is 1. The molecule has 0 bridgehead atoms. The van der Waals surface area contributed by atoms with Crippen LogP contribution in [0.15, 0.2) is 73.1 Å². The van der Waals surface area contributed by atoms with E-state index in [9.17, 15) is 22.7 Å². The summed E-state index contributed by atoms with van der Waals surface area (Å²) in [5, 5.41) is 13.3. The Balaban J connectivity index is 1.41. The number of hydrogen-bond donors (Lipinski definition) is 3. The zero-order valence-electron chi connectivity index (χ0n) is 25.3. The number of carbonyl (C=O) groups is 1. The van der Waals surface area contributed by atoms with Gasteiger partial charge in [-0.15, -0.1) is 0 Å². The first-order chi connectivity index (χ1) is 22.0. The van der Waals surface area contributed by atoms with Gasteiger partial charge in [0.05, 0.1) is 47.7 Å². The van der Waals surface area contributed by atoms with E-state index in [4.69, 9.17) is 16.3 Å². The summed E-state index contributed by atoms with van der Waals surface area (Å²) in [7, 11) is -1.52. The van der Waals surface area contributed by atoms with Crippen LogP contribution < -0.4 is 19.7 Å². The Labute approximate surface area is 272 Å². The lowest BCUT2D eigenvalue weighted by molar-refractivity contribution is 0.0945. The molecule has 4 aromatic rings.